The summed E-state index contributed by atoms with van der Waals surface area (Å²) in [6, 6.07) is 7.52. The molecule has 1 aliphatic heterocycles. The molecule has 1 aromatic carbocycles. The third-order valence-electron chi connectivity index (χ3n) is 3.67. The zero-order chi connectivity index (χ0) is 15.5. The Morgan fingerprint density at radius 2 is 2.27 bits per heavy atom. The summed E-state index contributed by atoms with van der Waals surface area (Å²) in [5.41, 5.74) is 0.356. The largest absolute Gasteiger partial charge is 0.503 e. The second-order valence-corrected chi connectivity index (χ2v) is 5.43. The van der Waals surface area contributed by atoms with Gasteiger partial charge in [-0.25, -0.2) is 4.39 Å². The molecule has 2 aromatic rings. The van der Waals surface area contributed by atoms with E-state index in [0.29, 0.717) is 18.8 Å². The highest BCUT2D eigenvalue weighted by molar-refractivity contribution is 5.23. The van der Waals surface area contributed by atoms with Crippen molar-refractivity contribution < 1.29 is 14.2 Å². The van der Waals surface area contributed by atoms with E-state index in [1.54, 1.807) is 12.1 Å². The molecule has 0 spiro atoms. The second kappa shape index (κ2) is 6.19. The second-order valence-electron chi connectivity index (χ2n) is 5.43. The number of H-pyrrole nitrogens is 1. The maximum absolute atomic E-state index is 13.1. The number of aromatic amines is 1. The lowest BCUT2D eigenvalue weighted by molar-refractivity contribution is 0.197. The van der Waals surface area contributed by atoms with Gasteiger partial charge in [-0.15, -0.1) is 0 Å². The van der Waals surface area contributed by atoms with Gasteiger partial charge < -0.3 is 14.8 Å². The van der Waals surface area contributed by atoms with Crippen molar-refractivity contribution in [1.29, 1.82) is 0 Å². The van der Waals surface area contributed by atoms with Crippen molar-refractivity contribution in [3.63, 3.8) is 0 Å². The molecular weight excluding hydrogens is 287 g/mol. The highest BCUT2D eigenvalue weighted by Gasteiger charge is 2.24. The van der Waals surface area contributed by atoms with Crippen LogP contribution >= 0.6 is 0 Å². The number of nitrogens with one attached hydrogen (secondary N) is 1. The van der Waals surface area contributed by atoms with Crippen LogP contribution in [0.5, 0.6) is 11.5 Å². The van der Waals surface area contributed by atoms with Crippen LogP contribution < -0.4 is 10.2 Å². The number of aromatic hydroxyl groups is 1. The molecule has 3 rings (SSSR count). The highest BCUT2D eigenvalue weighted by Crippen LogP contribution is 2.20. The number of aromatic nitrogens is 1. The van der Waals surface area contributed by atoms with Gasteiger partial charge in [0.05, 0.1) is 0 Å². The molecule has 5 nitrogen and oxygen atoms in total. The Balaban J connectivity index is 1.58. The van der Waals surface area contributed by atoms with Gasteiger partial charge in [0, 0.05) is 43.7 Å². The molecule has 1 fully saturated rings. The van der Waals surface area contributed by atoms with E-state index in [1.807, 2.05) is 0 Å². The van der Waals surface area contributed by atoms with Gasteiger partial charge in [-0.1, -0.05) is 6.07 Å². The van der Waals surface area contributed by atoms with E-state index in [1.165, 1.54) is 24.4 Å². The van der Waals surface area contributed by atoms with Crippen LogP contribution in [0.25, 0.3) is 0 Å². The normalized spacial score (nSPS) is 18.5. The summed E-state index contributed by atoms with van der Waals surface area (Å²) in [5, 5.41) is 9.23. The van der Waals surface area contributed by atoms with Crippen molar-refractivity contribution >= 4 is 0 Å². The molecule has 2 N–H and O–H groups in total. The molecule has 0 amide bonds. The number of halogens is 1. The van der Waals surface area contributed by atoms with E-state index in [4.69, 9.17) is 4.74 Å². The lowest BCUT2D eigenvalue weighted by Crippen LogP contribution is -2.25. The fraction of sp³-hybridized carbons (Fsp3) is 0.312. The van der Waals surface area contributed by atoms with Crippen LogP contribution in [-0.4, -0.2) is 34.2 Å². The molecule has 0 aliphatic carbocycles. The van der Waals surface area contributed by atoms with E-state index < -0.39 is 0 Å². The zero-order valence-corrected chi connectivity index (χ0v) is 12.0. The SMILES string of the molecule is O=c1cc(CN2CCC(Oc3cccc(F)c3)C2)[nH]cc1O. The van der Waals surface area contributed by atoms with Crippen molar-refractivity contribution in [3.8, 4) is 11.5 Å². The maximum atomic E-state index is 13.1. The van der Waals surface area contributed by atoms with Crippen LogP contribution in [-0.2, 0) is 6.54 Å². The number of rotatable bonds is 4. The fourth-order valence-corrected chi connectivity index (χ4v) is 2.61. The first-order valence-electron chi connectivity index (χ1n) is 7.15. The van der Waals surface area contributed by atoms with Crippen LogP contribution in [0.4, 0.5) is 4.39 Å². The molecule has 0 bridgehead atoms. The quantitative estimate of drug-likeness (QED) is 0.905. The molecular formula is C16H17FN2O3. The van der Waals surface area contributed by atoms with Gasteiger partial charge in [0.25, 0.3) is 0 Å². The third-order valence-corrected chi connectivity index (χ3v) is 3.67. The Bertz CT molecular complexity index is 717. The van der Waals surface area contributed by atoms with Crippen molar-refractivity contribution in [2.24, 2.45) is 0 Å². The van der Waals surface area contributed by atoms with Crippen LogP contribution in [0, 0.1) is 5.82 Å². The van der Waals surface area contributed by atoms with Crippen molar-refractivity contribution in [2.45, 2.75) is 19.1 Å². The van der Waals surface area contributed by atoms with Crippen molar-refractivity contribution in [3.05, 3.63) is 58.3 Å². The van der Waals surface area contributed by atoms with E-state index in [-0.39, 0.29) is 23.1 Å². The predicted molar refractivity (Wildman–Crippen MR) is 79.4 cm³/mol. The summed E-state index contributed by atoms with van der Waals surface area (Å²) in [7, 11) is 0. The standard InChI is InChI=1S/C16H17FN2O3/c17-11-2-1-3-13(6-11)22-14-4-5-19(10-14)9-12-7-15(20)16(21)8-18-12/h1-3,6-8,14,21H,4-5,9-10H2,(H,18,20). The molecule has 116 valence electrons. The minimum Gasteiger partial charge on any atom is -0.503 e. The van der Waals surface area contributed by atoms with Crippen LogP contribution in [0.15, 0.2) is 41.3 Å². The molecule has 1 unspecified atom stereocenters. The Hall–Kier alpha value is -2.34. The highest BCUT2D eigenvalue weighted by atomic mass is 19.1. The van der Waals surface area contributed by atoms with Crippen LogP contribution in [0.1, 0.15) is 12.1 Å². The summed E-state index contributed by atoms with van der Waals surface area (Å²) in [6.07, 6.45) is 2.15. The molecule has 1 atom stereocenters. The molecule has 2 heterocycles. The van der Waals surface area contributed by atoms with Gasteiger partial charge in [0.2, 0.25) is 5.43 Å². The number of hydrogen-bond donors (Lipinski definition) is 2. The Labute approximate surface area is 127 Å². The monoisotopic (exact) mass is 304 g/mol. The zero-order valence-electron chi connectivity index (χ0n) is 12.0. The molecule has 0 saturated carbocycles. The average molecular weight is 304 g/mol. The topological polar surface area (TPSA) is 65.6 Å². The summed E-state index contributed by atoms with van der Waals surface area (Å²) in [6.45, 7) is 2.13. The van der Waals surface area contributed by atoms with Crippen LogP contribution in [0.3, 0.4) is 0 Å². The van der Waals surface area contributed by atoms with Gasteiger partial charge >= 0.3 is 0 Å². The number of ether oxygens (including phenoxy) is 1. The molecule has 1 aromatic heterocycles. The van der Waals surface area contributed by atoms with Crippen LogP contribution in [0.2, 0.25) is 0 Å². The Morgan fingerprint density at radius 3 is 3.05 bits per heavy atom. The average Bonchev–Trinajstić information content (AvgIpc) is 2.90. The molecule has 0 radical (unpaired) electrons. The Kier molecular flexibility index (Phi) is 4.11. The lowest BCUT2D eigenvalue weighted by Gasteiger charge is -2.17. The summed E-state index contributed by atoms with van der Waals surface area (Å²) in [4.78, 5) is 16.4. The minimum atomic E-state index is -0.388. The number of benzene rings is 1. The minimum absolute atomic E-state index is 0.00522. The van der Waals surface area contributed by atoms with Gasteiger partial charge in [0.1, 0.15) is 17.7 Å². The van der Waals surface area contributed by atoms with E-state index in [9.17, 15) is 14.3 Å². The van der Waals surface area contributed by atoms with Crippen molar-refractivity contribution in [2.75, 3.05) is 13.1 Å². The number of nitrogens with zero attached hydrogens (tertiary/aromatic N) is 1. The molecule has 6 heteroatoms. The molecule has 1 aliphatic rings. The van der Waals surface area contributed by atoms with Crippen molar-refractivity contribution in [1.82, 2.24) is 9.88 Å². The molecule has 1 saturated heterocycles. The summed E-state index contributed by atoms with van der Waals surface area (Å²) >= 11 is 0. The first kappa shape index (κ1) is 14.6. The lowest BCUT2D eigenvalue weighted by atomic mass is 10.3. The number of pyridine rings is 1. The summed E-state index contributed by atoms with van der Waals surface area (Å²) < 4.78 is 18.9. The summed E-state index contributed by atoms with van der Waals surface area (Å²) in [5.74, 6) is -0.0589. The van der Waals surface area contributed by atoms with E-state index in [2.05, 4.69) is 9.88 Å². The smallest absolute Gasteiger partial charge is 0.223 e. The Morgan fingerprint density at radius 1 is 1.41 bits per heavy atom. The number of hydrogen-bond acceptors (Lipinski definition) is 4. The maximum Gasteiger partial charge on any atom is 0.223 e. The van der Waals surface area contributed by atoms with Gasteiger partial charge in [-0.2, -0.15) is 0 Å². The predicted octanol–water partition coefficient (Wildman–Crippen LogP) is 1.87. The third kappa shape index (κ3) is 3.46. The first-order valence-corrected chi connectivity index (χ1v) is 7.15. The number of likely N-dealkylation sites (tertiary alicyclic amines) is 1. The fourth-order valence-electron chi connectivity index (χ4n) is 2.61. The molecule has 22 heavy (non-hydrogen) atoms. The van der Waals surface area contributed by atoms with Gasteiger partial charge in [0.15, 0.2) is 5.75 Å². The van der Waals surface area contributed by atoms with E-state index in [0.717, 1.165) is 18.7 Å². The van der Waals surface area contributed by atoms with E-state index >= 15 is 0 Å². The van der Waals surface area contributed by atoms with Gasteiger partial charge in [-0.05, 0) is 18.6 Å². The van der Waals surface area contributed by atoms with Gasteiger partial charge in [-0.3, -0.25) is 9.69 Å². The first-order chi connectivity index (χ1) is 10.6.